The largest absolute Gasteiger partial charge is 0.390 e. The molecule has 0 spiro atoms. The number of aliphatic hydroxyl groups excluding tert-OH is 2. The van der Waals surface area contributed by atoms with Crippen LogP contribution in [0.4, 0.5) is 0 Å². The van der Waals surface area contributed by atoms with Gasteiger partial charge in [-0.2, -0.15) is 5.10 Å². The third-order valence-electron chi connectivity index (χ3n) is 4.78. The van der Waals surface area contributed by atoms with Crippen LogP contribution >= 0.6 is 0 Å². The van der Waals surface area contributed by atoms with E-state index in [2.05, 4.69) is 5.10 Å². The van der Waals surface area contributed by atoms with E-state index < -0.39 is 12.2 Å². The summed E-state index contributed by atoms with van der Waals surface area (Å²) >= 11 is 0. The molecule has 3 rings (SSSR count). The molecule has 1 saturated heterocycles. The van der Waals surface area contributed by atoms with E-state index >= 15 is 0 Å². The lowest BCUT2D eigenvalue weighted by Crippen LogP contribution is -2.49. The highest BCUT2D eigenvalue weighted by atomic mass is 16.5. The zero-order valence-corrected chi connectivity index (χ0v) is 14.4. The standard InChI is InChI=1S/C18H25N3O4/c1-2-20(10-14-11-25-12-16(22)18(14)24)17(23)7-8-21-15-6-4-3-5-13(15)9-19-21/h3-6,9,14,16,18,22,24H,2,7-8,10-12H2,1H3/t14-,16-,18+/m1/s1. The zero-order valence-electron chi connectivity index (χ0n) is 14.4. The fraction of sp³-hybridized carbons (Fsp3) is 0.556. The van der Waals surface area contributed by atoms with E-state index in [9.17, 15) is 15.0 Å². The van der Waals surface area contributed by atoms with Crippen molar-refractivity contribution in [1.29, 1.82) is 0 Å². The Bertz CT molecular complexity index is 717. The van der Waals surface area contributed by atoms with Crippen LogP contribution in [0.1, 0.15) is 13.3 Å². The van der Waals surface area contributed by atoms with Gasteiger partial charge >= 0.3 is 0 Å². The van der Waals surface area contributed by atoms with E-state index in [4.69, 9.17) is 4.74 Å². The minimum Gasteiger partial charge on any atom is -0.390 e. The first-order valence-corrected chi connectivity index (χ1v) is 8.72. The number of aryl methyl sites for hydroxylation is 1. The van der Waals surface area contributed by atoms with Gasteiger partial charge < -0.3 is 19.8 Å². The number of hydrogen-bond donors (Lipinski definition) is 2. The van der Waals surface area contributed by atoms with Gasteiger partial charge in [0, 0.05) is 30.8 Å². The third-order valence-corrected chi connectivity index (χ3v) is 4.78. The summed E-state index contributed by atoms with van der Waals surface area (Å²) < 4.78 is 7.13. The molecule has 1 aromatic heterocycles. The van der Waals surface area contributed by atoms with Crippen LogP contribution in [0.15, 0.2) is 30.5 Å². The van der Waals surface area contributed by atoms with Gasteiger partial charge in [-0.1, -0.05) is 18.2 Å². The van der Waals surface area contributed by atoms with Gasteiger partial charge in [-0.05, 0) is 13.0 Å². The van der Waals surface area contributed by atoms with Gasteiger partial charge in [-0.3, -0.25) is 9.48 Å². The Labute approximate surface area is 146 Å². The molecule has 0 radical (unpaired) electrons. The molecule has 0 aliphatic carbocycles. The number of hydrogen-bond acceptors (Lipinski definition) is 5. The fourth-order valence-electron chi connectivity index (χ4n) is 3.27. The minimum atomic E-state index is -0.886. The van der Waals surface area contributed by atoms with Gasteiger partial charge in [-0.25, -0.2) is 0 Å². The second-order valence-electron chi connectivity index (χ2n) is 6.46. The van der Waals surface area contributed by atoms with Crippen LogP contribution in [-0.2, 0) is 16.1 Å². The third kappa shape index (κ3) is 4.00. The molecule has 7 heteroatoms. The molecule has 2 aromatic rings. The average molecular weight is 347 g/mol. The van der Waals surface area contributed by atoms with E-state index in [1.54, 1.807) is 11.1 Å². The first kappa shape index (κ1) is 17.8. The van der Waals surface area contributed by atoms with Crippen LogP contribution in [-0.4, -0.2) is 69.3 Å². The minimum absolute atomic E-state index is 0.00865. The summed E-state index contributed by atoms with van der Waals surface area (Å²) in [6.07, 6.45) is 0.397. The molecule has 2 N–H and O–H groups in total. The summed E-state index contributed by atoms with van der Waals surface area (Å²) in [7, 11) is 0. The number of aromatic nitrogens is 2. The summed E-state index contributed by atoms with van der Waals surface area (Å²) in [5.74, 6) is -0.257. The molecule has 0 unspecified atom stereocenters. The molecule has 136 valence electrons. The molecule has 0 bridgehead atoms. The van der Waals surface area contributed by atoms with Crippen molar-refractivity contribution in [2.75, 3.05) is 26.3 Å². The predicted octanol–water partition coefficient (Wildman–Crippen LogP) is 0.643. The number of fused-ring (bicyclic) bond motifs is 1. The van der Waals surface area contributed by atoms with Crippen molar-refractivity contribution in [2.24, 2.45) is 5.92 Å². The van der Waals surface area contributed by atoms with E-state index in [1.807, 2.05) is 35.9 Å². The number of benzene rings is 1. The monoisotopic (exact) mass is 347 g/mol. The number of carbonyl (C=O) groups is 1. The van der Waals surface area contributed by atoms with E-state index in [-0.39, 0.29) is 18.4 Å². The van der Waals surface area contributed by atoms with Crippen molar-refractivity contribution >= 4 is 16.8 Å². The molecular weight excluding hydrogens is 322 g/mol. The van der Waals surface area contributed by atoms with Crippen molar-refractivity contribution in [3.8, 4) is 0 Å². The number of rotatable bonds is 6. The molecule has 1 fully saturated rings. The van der Waals surface area contributed by atoms with Crippen molar-refractivity contribution in [3.05, 3.63) is 30.5 Å². The number of aliphatic hydroxyl groups is 2. The maximum Gasteiger partial charge on any atom is 0.224 e. The quantitative estimate of drug-likeness (QED) is 0.801. The van der Waals surface area contributed by atoms with E-state index in [0.717, 1.165) is 10.9 Å². The smallest absolute Gasteiger partial charge is 0.224 e. The molecule has 1 aromatic carbocycles. The topological polar surface area (TPSA) is 87.8 Å². The first-order valence-electron chi connectivity index (χ1n) is 8.72. The number of para-hydroxylation sites is 1. The Hall–Kier alpha value is -1.96. The number of ether oxygens (including phenoxy) is 1. The zero-order chi connectivity index (χ0) is 17.8. The van der Waals surface area contributed by atoms with Gasteiger partial charge in [-0.15, -0.1) is 0 Å². The highest BCUT2D eigenvalue weighted by molar-refractivity contribution is 5.79. The average Bonchev–Trinajstić information content (AvgIpc) is 3.04. The molecule has 3 atom stereocenters. The summed E-state index contributed by atoms with van der Waals surface area (Å²) in [5.41, 5.74) is 1.01. The molecular formula is C18H25N3O4. The van der Waals surface area contributed by atoms with Crippen molar-refractivity contribution in [3.63, 3.8) is 0 Å². The Morgan fingerprint density at radius 1 is 1.36 bits per heavy atom. The van der Waals surface area contributed by atoms with Gasteiger partial charge in [0.2, 0.25) is 5.91 Å². The van der Waals surface area contributed by atoms with E-state index in [1.165, 1.54) is 0 Å². The summed E-state index contributed by atoms with van der Waals surface area (Å²) in [4.78, 5) is 14.3. The van der Waals surface area contributed by atoms with Crippen molar-refractivity contribution in [1.82, 2.24) is 14.7 Å². The lowest BCUT2D eigenvalue weighted by atomic mass is 9.96. The van der Waals surface area contributed by atoms with Gasteiger partial charge in [0.15, 0.2) is 0 Å². The first-order chi connectivity index (χ1) is 12.1. The molecule has 7 nitrogen and oxygen atoms in total. The second kappa shape index (κ2) is 7.95. The molecule has 0 saturated carbocycles. The highest BCUT2D eigenvalue weighted by Gasteiger charge is 2.33. The molecule has 1 aliphatic heterocycles. The second-order valence-corrected chi connectivity index (χ2v) is 6.46. The van der Waals surface area contributed by atoms with Gasteiger partial charge in [0.25, 0.3) is 0 Å². The fourth-order valence-corrected chi connectivity index (χ4v) is 3.27. The Balaban J connectivity index is 1.59. The number of nitrogens with zero attached hydrogens (tertiary/aromatic N) is 3. The maximum atomic E-state index is 12.6. The highest BCUT2D eigenvalue weighted by Crippen LogP contribution is 2.18. The Morgan fingerprint density at radius 2 is 2.16 bits per heavy atom. The summed E-state index contributed by atoms with van der Waals surface area (Å²) in [5, 5.41) is 25.2. The molecule has 1 aliphatic rings. The summed E-state index contributed by atoms with van der Waals surface area (Å²) in [6.45, 7) is 3.85. The van der Waals surface area contributed by atoms with Crippen LogP contribution in [0.5, 0.6) is 0 Å². The lowest BCUT2D eigenvalue weighted by Gasteiger charge is -2.35. The van der Waals surface area contributed by atoms with Crippen LogP contribution in [0.2, 0.25) is 0 Å². The number of amides is 1. The Kier molecular flexibility index (Phi) is 5.67. The van der Waals surface area contributed by atoms with Crippen molar-refractivity contribution in [2.45, 2.75) is 32.1 Å². The SMILES string of the molecule is CCN(C[C@@H]1COC[C@@H](O)[C@H]1O)C(=O)CCn1ncc2ccccc21. The lowest BCUT2D eigenvalue weighted by molar-refractivity contribution is -0.142. The summed E-state index contributed by atoms with van der Waals surface area (Å²) in [6, 6.07) is 7.90. The number of carbonyl (C=O) groups excluding carboxylic acids is 1. The van der Waals surface area contributed by atoms with Crippen LogP contribution in [0, 0.1) is 5.92 Å². The molecule has 2 heterocycles. The van der Waals surface area contributed by atoms with E-state index in [0.29, 0.717) is 32.7 Å². The van der Waals surface area contributed by atoms with Crippen LogP contribution in [0.25, 0.3) is 10.9 Å². The maximum absolute atomic E-state index is 12.6. The van der Waals surface area contributed by atoms with Gasteiger partial charge in [0.1, 0.15) is 6.10 Å². The predicted molar refractivity (Wildman–Crippen MR) is 92.9 cm³/mol. The Morgan fingerprint density at radius 3 is 2.96 bits per heavy atom. The van der Waals surface area contributed by atoms with Gasteiger partial charge in [0.05, 0.1) is 37.6 Å². The molecule has 1 amide bonds. The normalized spacial score (nSPS) is 23.7. The van der Waals surface area contributed by atoms with Crippen LogP contribution < -0.4 is 0 Å². The molecule has 25 heavy (non-hydrogen) atoms. The van der Waals surface area contributed by atoms with Crippen molar-refractivity contribution < 1.29 is 19.7 Å². The van der Waals surface area contributed by atoms with Crippen LogP contribution in [0.3, 0.4) is 0 Å².